The van der Waals surface area contributed by atoms with Gasteiger partial charge in [-0.2, -0.15) is 0 Å². The summed E-state index contributed by atoms with van der Waals surface area (Å²) in [6.07, 6.45) is 22.6. The molecule has 0 saturated carbocycles. The van der Waals surface area contributed by atoms with Gasteiger partial charge < -0.3 is 5.11 Å². The molecule has 0 aliphatic carbocycles. The number of unbranched alkanes of at least 4 members (excludes halogenated alkanes) is 11. The van der Waals surface area contributed by atoms with Crippen LogP contribution in [0.4, 0.5) is 0 Å². The van der Waals surface area contributed by atoms with Crippen LogP contribution in [0.2, 0.25) is 0 Å². The molecule has 4 nitrogen and oxygen atoms in total. The van der Waals surface area contributed by atoms with E-state index in [1.54, 1.807) is 0 Å². The molecule has 0 saturated heterocycles. The second kappa shape index (κ2) is 17.6. The summed E-state index contributed by atoms with van der Waals surface area (Å²) in [5, 5.41) is 9.71. The fourth-order valence-electron chi connectivity index (χ4n) is 4.99. The number of hydrogen-bond donors (Lipinski definition) is 1. The Morgan fingerprint density at radius 1 is 0.912 bits per heavy atom. The van der Waals surface area contributed by atoms with Crippen molar-refractivity contribution in [3.63, 3.8) is 0 Å². The van der Waals surface area contributed by atoms with E-state index in [9.17, 15) is 9.90 Å². The highest BCUT2D eigenvalue weighted by atomic mass is 16.3. The second-order valence-corrected chi connectivity index (χ2v) is 9.90. The maximum Gasteiger partial charge on any atom is 0.217 e. The van der Waals surface area contributed by atoms with E-state index in [1.807, 2.05) is 30.3 Å². The highest BCUT2D eigenvalue weighted by Gasteiger charge is 2.39. The van der Waals surface area contributed by atoms with Gasteiger partial charge in [0.05, 0.1) is 13.2 Å². The number of benzene rings is 1. The molecule has 0 bridgehead atoms. The summed E-state index contributed by atoms with van der Waals surface area (Å²) in [5.74, 6) is 1.27. The third-order valence-electron chi connectivity index (χ3n) is 7.10. The number of aliphatic imine (C=N–C) groups is 1. The first-order valence-corrected chi connectivity index (χ1v) is 14.0. The van der Waals surface area contributed by atoms with Crippen molar-refractivity contribution >= 4 is 11.6 Å². The van der Waals surface area contributed by atoms with Crippen LogP contribution >= 0.6 is 0 Å². The van der Waals surface area contributed by atoms with Crippen molar-refractivity contribution in [2.75, 3.05) is 32.8 Å². The van der Waals surface area contributed by atoms with E-state index in [0.717, 1.165) is 37.3 Å². The molecule has 0 spiro atoms. The van der Waals surface area contributed by atoms with E-state index in [4.69, 9.17) is 4.99 Å². The van der Waals surface area contributed by atoms with E-state index >= 15 is 0 Å². The summed E-state index contributed by atoms with van der Waals surface area (Å²) < 4.78 is 0.549. The Hall–Kier alpha value is -1.78. The Labute approximate surface area is 208 Å². The maximum absolute atomic E-state index is 12.9. The zero-order valence-electron chi connectivity index (χ0n) is 21.7. The fraction of sp³-hybridized carbons (Fsp3) is 0.667. The van der Waals surface area contributed by atoms with Gasteiger partial charge in [-0.15, -0.1) is 0 Å². The zero-order chi connectivity index (χ0) is 24.3. The Kier molecular flexibility index (Phi) is 14.8. The Balaban J connectivity index is 1.59. The third-order valence-corrected chi connectivity index (χ3v) is 7.10. The average Bonchev–Trinajstić information content (AvgIpc) is 3.24. The number of carbonyl (C=O) groups excluding carboxylic acids is 1. The molecular weight excluding hydrogens is 420 g/mol. The summed E-state index contributed by atoms with van der Waals surface area (Å²) in [6.45, 7) is 4.96. The smallest absolute Gasteiger partial charge is 0.217 e. The molecule has 1 aromatic carbocycles. The summed E-state index contributed by atoms with van der Waals surface area (Å²) >= 11 is 0. The quantitative estimate of drug-likeness (QED) is 0.0956. The lowest BCUT2D eigenvalue weighted by Crippen LogP contribution is -2.55. The molecule has 1 aliphatic rings. The SMILES string of the molecule is CCCCCCCCC=CCCCCCCCC1=NCC[N+]1(CCO)CC(=O)c1ccccc1. The Bertz CT molecular complexity index is 729. The number of aliphatic hydroxyl groups excluding tert-OH is 1. The molecule has 0 radical (unpaired) electrons. The van der Waals surface area contributed by atoms with Crippen LogP contribution in [-0.4, -0.2) is 54.0 Å². The maximum atomic E-state index is 12.9. The number of allylic oxidation sites excluding steroid dienone is 2. The van der Waals surface area contributed by atoms with Crippen molar-refractivity contribution in [3.05, 3.63) is 48.0 Å². The van der Waals surface area contributed by atoms with Crippen LogP contribution in [0.1, 0.15) is 107 Å². The molecule has 0 aromatic heterocycles. The Morgan fingerprint density at radius 2 is 1.53 bits per heavy atom. The van der Waals surface area contributed by atoms with Crippen molar-refractivity contribution in [2.24, 2.45) is 4.99 Å². The lowest BCUT2D eigenvalue weighted by Gasteiger charge is -2.33. The van der Waals surface area contributed by atoms with Crippen molar-refractivity contribution in [2.45, 2.75) is 96.8 Å². The lowest BCUT2D eigenvalue weighted by molar-refractivity contribution is -0.828. The van der Waals surface area contributed by atoms with Gasteiger partial charge in [0, 0.05) is 12.0 Å². The normalized spacial score (nSPS) is 18.0. The number of Topliss-reactive ketones (excluding diaryl/α,β-unsaturated/α-hetero) is 1. The van der Waals surface area contributed by atoms with Crippen LogP contribution in [0, 0.1) is 0 Å². The molecule has 2 rings (SSSR count). The number of nitrogens with zero attached hydrogens (tertiary/aromatic N) is 2. The summed E-state index contributed by atoms with van der Waals surface area (Å²) in [5.41, 5.74) is 0.755. The van der Waals surface area contributed by atoms with Crippen LogP contribution in [0.5, 0.6) is 0 Å². The van der Waals surface area contributed by atoms with E-state index < -0.39 is 0 Å². The van der Waals surface area contributed by atoms with Crippen molar-refractivity contribution in [3.8, 4) is 0 Å². The molecular formula is C30H49N2O2+. The summed E-state index contributed by atoms with van der Waals surface area (Å²) in [7, 11) is 0. The third kappa shape index (κ3) is 10.7. The topological polar surface area (TPSA) is 49.7 Å². The average molecular weight is 470 g/mol. The van der Waals surface area contributed by atoms with Gasteiger partial charge in [-0.1, -0.05) is 101 Å². The molecule has 0 amide bonds. The van der Waals surface area contributed by atoms with Gasteiger partial charge >= 0.3 is 0 Å². The van der Waals surface area contributed by atoms with E-state index in [2.05, 4.69) is 19.1 Å². The number of quaternary nitrogens is 1. The predicted molar refractivity (Wildman–Crippen MR) is 144 cm³/mol. The zero-order valence-corrected chi connectivity index (χ0v) is 21.7. The second-order valence-electron chi connectivity index (χ2n) is 9.90. The minimum absolute atomic E-state index is 0.0907. The first kappa shape index (κ1) is 28.5. The van der Waals surface area contributed by atoms with Crippen LogP contribution in [0.25, 0.3) is 0 Å². The summed E-state index contributed by atoms with van der Waals surface area (Å²) in [6, 6.07) is 9.52. The van der Waals surface area contributed by atoms with Gasteiger partial charge in [-0.05, 0) is 32.1 Å². The minimum atomic E-state index is 0.0907. The number of carbonyl (C=O) groups is 1. The highest BCUT2D eigenvalue weighted by Crippen LogP contribution is 2.21. The first-order valence-electron chi connectivity index (χ1n) is 14.0. The largest absolute Gasteiger partial charge is 0.390 e. The van der Waals surface area contributed by atoms with Crippen LogP contribution < -0.4 is 0 Å². The number of hydrogen-bond acceptors (Lipinski definition) is 3. The van der Waals surface area contributed by atoms with Crippen molar-refractivity contribution in [1.82, 2.24) is 0 Å². The molecule has 1 heterocycles. The van der Waals surface area contributed by atoms with Crippen molar-refractivity contribution < 1.29 is 14.4 Å². The molecule has 1 aliphatic heterocycles. The first-order chi connectivity index (χ1) is 16.7. The van der Waals surface area contributed by atoms with Gasteiger partial charge in [0.1, 0.15) is 19.6 Å². The van der Waals surface area contributed by atoms with Crippen LogP contribution in [0.3, 0.4) is 0 Å². The Morgan fingerprint density at radius 3 is 2.18 bits per heavy atom. The van der Waals surface area contributed by atoms with Crippen LogP contribution in [0.15, 0.2) is 47.5 Å². The van der Waals surface area contributed by atoms with Crippen molar-refractivity contribution in [1.29, 1.82) is 0 Å². The molecule has 1 N–H and O–H groups in total. The monoisotopic (exact) mass is 469 g/mol. The standard InChI is InChI=1S/C30H49N2O2/c1-2-3-4-5-6-7-8-9-10-11-12-13-14-15-19-22-30-31-23-24-32(30,25-26-33)27-29(34)28-20-17-16-18-21-28/h9-10,16-18,20-21,33H,2-8,11-15,19,22-27H2,1H3/q+1. The van der Waals surface area contributed by atoms with Gasteiger partial charge in [-0.3, -0.25) is 9.28 Å². The highest BCUT2D eigenvalue weighted by molar-refractivity contribution is 5.98. The van der Waals surface area contributed by atoms with E-state index in [0.29, 0.717) is 17.6 Å². The molecule has 190 valence electrons. The van der Waals surface area contributed by atoms with Gasteiger partial charge in [-0.25, -0.2) is 4.99 Å². The number of aliphatic hydroxyl groups is 1. The number of ketones is 1. The van der Waals surface area contributed by atoms with Gasteiger partial charge in [0.25, 0.3) is 0 Å². The molecule has 4 heteroatoms. The van der Waals surface area contributed by atoms with E-state index in [-0.39, 0.29) is 12.4 Å². The summed E-state index contributed by atoms with van der Waals surface area (Å²) in [4.78, 5) is 17.7. The van der Waals surface area contributed by atoms with Gasteiger partial charge in [0.2, 0.25) is 5.78 Å². The van der Waals surface area contributed by atoms with Gasteiger partial charge in [0.15, 0.2) is 5.84 Å². The lowest BCUT2D eigenvalue weighted by atomic mass is 10.1. The van der Waals surface area contributed by atoms with E-state index in [1.165, 1.54) is 77.0 Å². The molecule has 34 heavy (non-hydrogen) atoms. The van der Waals surface area contributed by atoms with Crippen LogP contribution in [-0.2, 0) is 0 Å². The number of rotatable bonds is 20. The molecule has 1 atom stereocenters. The predicted octanol–water partition coefficient (Wildman–Crippen LogP) is 7.13. The number of amidine groups is 1. The fourth-order valence-corrected chi connectivity index (χ4v) is 4.99. The molecule has 1 unspecified atom stereocenters. The minimum Gasteiger partial charge on any atom is -0.390 e. The molecule has 0 fully saturated rings. The molecule has 1 aromatic rings.